The van der Waals surface area contributed by atoms with Crippen LogP contribution in [0.3, 0.4) is 0 Å². The Hall–Kier alpha value is -4.64. The van der Waals surface area contributed by atoms with Crippen LogP contribution >= 0.6 is 0 Å². The van der Waals surface area contributed by atoms with Gasteiger partial charge in [0.1, 0.15) is 24.2 Å². The standard InChI is InChI=1S/C31H31N7O3/c1-31(2,39)20-41-26-13-27(30-23(14-32)16-35-38(30)19-26)22-6-7-28(34-15-22)36-17-24-12-25(18-36)37(24)10-4-5-21-8-9-33-29(11-21)40-3/h6-9,11,13,15-16,19,24-25,39H,10,12,17-18,20H2,1-3H3. The lowest BCUT2D eigenvalue weighted by Crippen LogP contribution is -2.68. The molecule has 0 spiro atoms. The highest BCUT2D eigenvalue weighted by atomic mass is 16.5. The fourth-order valence-corrected chi connectivity index (χ4v) is 5.43. The maximum Gasteiger partial charge on any atom is 0.214 e. The zero-order valence-corrected chi connectivity index (χ0v) is 23.3. The van der Waals surface area contributed by atoms with Crippen molar-refractivity contribution in [3.8, 4) is 40.7 Å². The summed E-state index contributed by atoms with van der Waals surface area (Å²) >= 11 is 0. The molecule has 4 aromatic heterocycles. The number of nitriles is 1. The van der Waals surface area contributed by atoms with Crippen molar-refractivity contribution in [3.63, 3.8) is 0 Å². The molecule has 10 nitrogen and oxygen atoms in total. The van der Waals surface area contributed by atoms with Gasteiger partial charge in [-0.3, -0.25) is 4.90 Å². The predicted octanol–water partition coefficient (Wildman–Crippen LogP) is 3.14. The lowest BCUT2D eigenvalue weighted by Gasteiger charge is -2.56. The summed E-state index contributed by atoms with van der Waals surface area (Å²) < 4.78 is 12.7. The fraction of sp³-hybridized carbons (Fsp3) is 0.355. The summed E-state index contributed by atoms with van der Waals surface area (Å²) in [6.07, 6.45) is 7.99. The molecule has 10 heteroatoms. The third-order valence-corrected chi connectivity index (χ3v) is 7.46. The van der Waals surface area contributed by atoms with Crippen LogP contribution in [0.5, 0.6) is 11.6 Å². The number of aromatic nitrogens is 4. The van der Waals surface area contributed by atoms with Crippen LogP contribution in [0.25, 0.3) is 16.6 Å². The number of piperazine rings is 1. The number of hydrogen-bond donors (Lipinski definition) is 1. The second-order valence-corrected chi connectivity index (χ2v) is 11.1. The van der Waals surface area contributed by atoms with Gasteiger partial charge in [0.15, 0.2) is 0 Å². The zero-order chi connectivity index (χ0) is 28.6. The minimum atomic E-state index is -0.981. The SMILES string of the molecule is COc1cc(C#CCN2C3CC2CN(c2ccc(-c4cc(OCC(C)(C)O)cn5ncc(C#N)c45)cn2)C3)ccn1. The lowest BCUT2D eigenvalue weighted by atomic mass is 9.87. The monoisotopic (exact) mass is 549 g/mol. The average molecular weight is 550 g/mol. The largest absolute Gasteiger partial charge is 0.489 e. The molecule has 3 fully saturated rings. The van der Waals surface area contributed by atoms with Gasteiger partial charge in [-0.15, -0.1) is 0 Å². The molecule has 0 amide bonds. The molecule has 0 radical (unpaired) electrons. The van der Waals surface area contributed by atoms with E-state index in [1.165, 1.54) is 6.42 Å². The molecule has 7 rings (SSSR count). The molecular formula is C31H31N7O3. The number of anilines is 1. The highest BCUT2D eigenvalue weighted by Gasteiger charge is 2.44. The molecule has 208 valence electrons. The molecule has 3 aliphatic heterocycles. The first-order chi connectivity index (χ1) is 19.8. The zero-order valence-electron chi connectivity index (χ0n) is 23.3. The third kappa shape index (κ3) is 5.53. The Morgan fingerprint density at radius 2 is 1.95 bits per heavy atom. The number of methoxy groups -OCH3 is 1. The number of nitrogens with zero attached hydrogens (tertiary/aromatic N) is 7. The molecule has 0 aromatic carbocycles. The Morgan fingerprint density at radius 3 is 2.66 bits per heavy atom. The van der Waals surface area contributed by atoms with Crippen LogP contribution in [0.4, 0.5) is 5.82 Å². The number of aliphatic hydroxyl groups is 1. The van der Waals surface area contributed by atoms with E-state index in [2.05, 4.69) is 37.8 Å². The molecule has 0 saturated carbocycles. The number of piperidine rings is 1. The molecule has 2 atom stereocenters. The first kappa shape index (κ1) is 26.6. The second-order valence-electron chi connectivity index (χ2n) is 11.1. The molecule has 0 aliphatic carbocycles. The van der Waals surface area contributed by atoms with Gasteiger partial charge >= 0.3 is 0 Å². The van der Waals surface area contributed by atoms with Gasteiger partial charge in [0.05, 0.1) is 42.7 Å². The fourth-order valence-electron chi connectivity index (χ4n) is 5.43. The minimum Gasteiger partial charge on any atom is -0.489 e. The van der Waals surface area contributed by atoms with Gasteiger partial charge in [0.25, 0.3) is 0 Å². The van der Waals surface area contributed by atoms with Gasteiger partial charge in [0.2, 0.25) is 5.88 Å². The normalized spacial score (nSPS) is 18.3. The smallest absolute Gasteiger partial charge is 0.214 e. The molecule has 1 N–H and O–H groups in total. The van der Waals surface area contributed by atoms with Crippen molar-refractivity contribution in [2.75, 3.05) is 38.3 Å². The van der Waals surface area contributed by atoms with E-state index in [1.54, 1.807) is 44.1 Å². The van der Waals surface area contributed by atoms with Crippen molar-refractivity contribution in [2.45, 2.75) is 38.0 Å². The van der Waals surface area contributed by atoms with Crippen LogP contribution < -0.4 is 14.4 Å². The minimum absolute atomic E-state index is 0.125. The Bertz CT molecular complexity index is 1660. The Labute approximate surface area is 238 Å². The number of rotatable bonds is 7. The lowest BCUT2D eigenvalue weighted by molar-refractivity contribution is 0.0125. The maximum atomic E-state index is 10.1. The van der Waals surface area contributed by atoms with Crippen LogP contribution in [0, 0.1) is 23.2 Å². The van der Waals surface area contributed by atoms with E-state index in [9.17, 15) is 10.4 Å². The average Bonchev–Trinajstić information content (AvgIpc) is 3.41. The summed E-state index contributed by atoms with van der Waals surface area (Å²) in [4.78, 5) is 13.7. The topological polar surface area (TPSA) is 112 Å². The highest BCUT2D eigenvalue weighted by molar-refractivity contribution is 5.85. The van der Waals surface area contributed by atoms with E-state index < -0.39 is 5.60 Å². The van der Waals surface area contributed by atoms with Crippen LogP contribution in [0.15, 0.2) is 55.1 Å². The Kier molecular flexibility index (Phi) is 6.96. The first-order valence-electron chi connectivity index (χ1n) is 13.5. The van der Waals surface area contributed by atoms with Gasteiger partial charge in [-0.1, -0.05) is 11.8 Å². The summed E-state index contributed by atoms with van der Waals surface area (Å²) in [5, 5.41) is 24.1. The van der Waals surface area contributed by atoms with E-state index in [4.69, 9.17) is 14.5 Å². The molecule has 2 unspecified atom stereocenters. The molecule has 3 aliphatic rings. The molecule has 4 aromatic rings. The number of hydrogen-bond acceptors (Lipinski definition) is 9. The van der Waals surface area contributed by atoms with E-state index >= 15 is 0 Å². The molecule has 3 saturated heterocycles. The third-order valence-electron chi connectivity index (χ3n) is 7.46. The Balaban J connectivity index is 1.16. The van der Waals surface area contributed by atoms with Crippen molar-refractivity contribution < 1.29 is 14.6 Å². The molecule has 7 heterocycles. The highest BCUT2D eigenvalue weighted by Crippen LogP contribution is 2.35. The molecular weight excluding hydrogens is 518 g/mol. The van der Waals surface area contributed by atoms with Gasteiger partial charge in [-0.05, 0) is 44.5 Å². The quantitative estimate of drug-likeness (QED) is 0.348. The summed E-state index contributed by atoms with van der Waals surface area (Å²) in [6.45, 7) is 6.04. The summed E-state index contributed by atoms with van der Waals surface area (Å²) in [7, 11) is 1.60. The van der Waals surface area contributed by atoms with Gasteiger partial charge in [0, 0.05) is 60.3 Å². The van der Waals surface area contributed by atoms with Gasteiger partial charge < -0.3 is 19.5 Å². The van der Waals surface area contributed by atoms with E-state index in [0.29, 0.717) is 34.8 Å². The summed E-state index contributed by atoms with van der Waals surface area (Å²) in [5.41, 5.74) is 2.74. The van der Waals surface area contributed by atoms with E-state index in [-0.39, 0.29) is 6.61 Å². The molecule has 41 heavy (non-hydrogen) atoms. The van der Waals surface area contributed by atoms with Crippen LogP contribution in [0.2, 0.25) is 0 Å². The van der Waals surface area contributed by atoms with Crippen molar-refractivity contribution in [1.82, 2.24) is 24.5 Å². The summed E-state index contributed by atoms with van der Waals surface area (Å²) in [5.74, 6) is 8.58. The molecule has 2 bridgehead atoms. The van der Waals surface area contributed by atoms with Crippen molar-refractivity contribution in [3.05, 3.63) is 66.2 Å². The Morgan fingerprint density at radius 1 is 1.12 bits per heavy atom. The van der Waals surface area contributed by atoms with Gasteiger partial charge in [-0.2, -0.15) is 10.4 Å². The summed E-state index contributed by atoms with van der Waals surface area (Å²) in [6, 6.07) is 12.8. The second kappa shape index (κ2) is 10.7. The van der Waals surface area contributed by atoms with Crippen LogP contribution in [-0.4, -0.2) is 80.6 Å². The maximum absolute atomic E-state index is 10.1. The van der Waals surface area contributed by atoms with Crippen LogP contribution in [-0.2, 0) is 0 Å². The first-order valence-corrected chi connectivity index (χ1v) is 13.5. The predicted molar refractivity (Wildman–Crippen MR) is 154 cm³/mol. The van der Waals surface area contributed by atoms with Gasteiger partial charge in [-0.25, -0.2) is 14.5 Å². The van der Waals surface area contributed by atoms with Crippen LogP contribution in [0.1, 0.15) is 31.4 Å². The van der Waals surface area contributed by atoms with Crippen molar-refractivity contribution in [1.29, 1.82) is 5.26 Å². The van der Waals surface area contributed by atoms with E-state index in [0.717, 1.165) is 42.1 Å². The number of ether oxygens (including phenoxy) is 2. The van der Waals surface area contributed by atoms with Crippen molar-refractivity contribution >= 4 is 11.3 Å². The number of pyridine rings is 3. The van der Waals surface area contributed by atoms with E-state index in [1.807, 2.05) is 36.5 Å². The number of fused-ring (bicyclic) bond motifs is 3. The van der Waals surface area contributed by atoms with Crippen molar-refractivity contribution in [2.24, 2.45) is 0 Å².